The fourth-order valence-corrected chi connectivity index (χ4v) is 2.06. The number of carbonyl (C=O) groups excluding carboxylic acids is 1. The van der Waals surface area contributed by atoms with E-state index in [9.17, 15) is 4.79 Å². The molecule has 0 fully saturated rings. The van der Waals surface area contributed by atoms with Crippen LogP contribution in [0.3, 0.4) is 0 Å². The number of hydrogen-bond acceptors (Lipinski definition) is 2. The molecule has 2 aromatic carbocycles. The summed E-state index contributed by atoms with van der Waals surface area (Å²) in [6.07, 6.45) is 0. The van der Waals surface area contributed by atoms with Gasteiger partial charge in [-0.05, 0) is 38.5 Å². The molecule has 2 aromatic rings. The normalized spacial score (nSPS) is 12.0. The molecule has 21 heavy (non-hydrogen) atoms. The lowest BCUT2D eigenvalue weighted by atomic mass is 10.1. The van der Waals surface area contributed by atoms with E-state index in [1.807, 2.05) is 31.2 Å². The Kier molecular flexibility index (Phi) is 5.12. The minimum Gasteiger partial charge on any atom is -0.325 e. The molecule has 2 rings (SSSR count). The molecule has 0 aromatic heterocycles. The van der Waals surface area contributed by atoms with E-state index >= 15 is 0 Å². The van der Waals surface area contributed by atoms with Crippen LogP contribution in [0.25, 0.3) is 0 Å². The third-order valence-electron chi connectivity index (χ3n) is 3.48. The van der Waals surface area contributed by atoms with Crippen LogP contribution in [-0.2, 0) is 4.79 Å². The van der Waals surface area contributed by atoms with E-state index < -0.39 is 0 Å². The molecule has 0 aliphatic heterocycles. The van der Waals surface area contributed by atoms with Crippen molar-refractivity contribution in [1.82, 2.24) is 5.32 Å². The number of amides is 1. The second-order valence-corrected chi connectivity index (χ2v) is 5.43. The van der Waals surface area contributed by atoms with Crippen molar-refractivity contribution in [3.63, 3.8) is 0 Å². The van der Waals surface area contributed by atoms with E-state index in [0.717, 1.165) is 5.69 Å². The first-order chi connectivity index (χ1) is 10.0. The van der Waals surface area contributed by atoms with Crippen LogP contribution in [-0.4, -0.2) is 12.5 Å². The van der Waals surface area contributed by atoms with Gasteiger partial charge in [-0.25, -0.2) is 0 Å². The van der Waals surface area contributed by atoms with Gasteiger partial charge in [-0.3, -0.25) is 4.79 Å². The Balaban J connectivity index is 1.83. The minimum atomic E-state index is -0.0298. The lowest BCUT2D eigenvalue weighted by Gasteiger charge is -2.14. The van der Waals surface area contributed by atoms with E-state index in [1.54, 1.807) is 0 Å². The number of benzene rings is 2. The molecule has 0 radical (unpaired) electrons. The molecule has 3 nitrogen and oxygen atoms in total. The quantitative estimate of drug-likeness (QED) is 0.880. The van der Waals surface area contributed by atoms with Crippen molar-refractivity contribution in [2.24, 2.45) is 0 Å². The molecule has 0 saturated carbocycles. The molecule has 0 heterocycles. The van der Waals surface area contributed by atoms with Crippen LogP contribution in [0.2, 0.25) is 0 Å². The van der Waals surface area contributed by atoms with E-state index in [1.165, 1.54) is 16.7 Å². The predicted octanol–water partition coefficient (Wildman–Crippen LogP) is 3.59. The summed E-state index contributed by atoms with van der Waals surface area (Å²) >= 11 is 0. The summed E-state index contributed by atoms with van der Waals surface area (Å²) in [5.74, 6) is -0.0298. The molecule has 110 valence electrons. The first kappa shape index (κ1) is 15.3. The third kappa shape index (κ3) is 4.72. The molecule has 0 saturated heterocycles. The number of aryl methyl sites for hydroxylation is 2. The molecular weight excluding hydrogens is 260 g/mol. The minimum absolute atomic E-state index is 0.0298. The Labute approximate surface area is 126 Å². The standard InChI is InChI=1S/C18H22N2O/c1-13-4-8-16(9-5-13)15(3)19-12-18(21)20-17-10-6-14(2)7-11-17/h4-11,15,19H,12H2,1-3H3,(H,20,21)/t15-/m1/s1. The largest absolute Gasteiger partial charge is 0.325 e. The Morgan fingerprint density at radius 1 is 0.952 bits per heavy atom. The highest BCUT2D eigenvalue weighted by Crippen LogP contribution is 2.13. The lowest BCUT2D eigenvalue weighted by Crippen LogP contribution is -2.30. The van der Waals surface area contributed by atoms with Gasteiger partial charge in [0.15, 0.2) is 0 Å². The first-order valence-electron chi connectivity index (χ1n) is 7.21. The molecule has 1 atom stereocenters. The number of anilines is 1. The van der Waals surface area contributed by atoms with Gasteiger partial charge in [0.25, 0.3) is 0 Å². The summed E-state index contributed by atoms with van der Waals surface area (Å²) in [5.41, 5.74) is 4.43. The SMILES string of the molecule is Cc1ccc(NC(=O)CN[C@H](C)c2ccc(C)cc2)cc1. The van der Waals surface area contributed by atoms with Gasteiger partial charge in [-0.15, -0.1) is 0 Å². The Morgan fingerprint density at radius 2 is 1.48 bits per heavy atom. The first-order valence-corrected chi connectivity index (χ1v) is 7.21. The fourth-order valence-electron chi connectivity index (χ4n) is 2.06. The molecule has 2 N–H and O–H groups in total. The summed E-state index contributed by atoms with van der Waals surface area (Å²) in [5, 5.41) is 6.12. The van der Waals surface area contributed by atoms with Crippen molar-refractivity contribution in [1.29, 1.82) is 0 Å². The van der Waals surface area contributed by atoms with Gasteiger partial charge < -0.3 is 10.6 Å². The van der Waals surface area contributed by atoms with Crippen LogP contribution in [0, 0.1) is 13.8 Å². The van der Waals surface area contributed by atoms with Crippen molar-refractivity contribution < 1.29 is 4.79 Å². The van der Waals surface area contributed by atoms with Crippen LogP contribution in [0.4, 0.5) is 5.69 Å². The maximum absolute atomic E-state index is 11.9. The lowest BCUT2D eigenvalue weighted by molar-refractivity contribution is -0.115. The zero-order valence-electron chi connectivity index (χ0n) is 12.8. The van der Waals surface area contributed by atoms with Gasteiger partial charge in [0.1, 0.15) is 0 Å². The maximum atomic E-state index is 11.9. The van der Waals surface area contributed by atoms with Crippen LogP contribution in [0.1, 0.15) is 29.7 Å². The van der Waals surface area contributed by atoms with E-state index in [-0.39, 0.29) is 11.9 Å². The third-order valence-corrected chi connectivity index (χ3v) is 3.48. The second kappa shape index (κ2) is 7.04. The van der Waals surface area contributed by atoms with E-state index in [4.69, 9.17) is 0 Å². The van der Waals surface area contributed by atoms with Crippen molar-refractivity contribution in [3.05, 3.63) is 65.2 Å². The summed E-state index contributed by atoms with van der Waals surface area (Å²) in [6.45, 7) is 6.44. The topological polar surface area (TPSA) is 41.1 Å². The molecule has 0 aliphatic carbocycles. The van der Waals surface area contributed by atoms with Crippen LogP contribution in [0.15, 0.2) is 48.5 Å². The molecule has 0 aliphatic rings. The van der Waals surface area contributed by atoms with Gasteiger partial charge in [-0.2, -0.15) is 0 Å². The van der Waals surface area contributed by atoms with E-state index in [2.05, 4.69) is 48.7 Å². The molecule has 1 amide bonds. The summed E-state index contributed by atoms with van der Waals surface area (Å²) in [6, 6.07) is 16.3. The maximum Gasteiger partial charge on any atom is 0.238 e. The Bertz CT molecular complexity index is 588. The van der Waals surface area contributed by atoms with Gasteiger partial charge >= 0.3 is 0 Å². The molecular formula is C18H22N2O. The van der Waals surface area contributed by atoms with Crippen molar-refractivity contribution in [2.75, 3.05) is 11.9 Å². The molecule has 0 bridgehead atoms. The Hall–Kier alpha value is -2.13. The van der Waals surface area contributed by atoms with Crippen molar-refractivity contribution in [3.8, 4) is 0 Å². The zero-order valence-corrected chi connectivity index (χ0v) is 12.8. The smallest absolute Gasteiger partial charge is 0.238 e. The van der Waals surface area contributed by atoms with Crippen LogP contribution >= 0.6 is 0 Å². The molecule has 0 spiro atoms. The Morgan fingerprint density at radius 3 is 2.05 bits per heavy atom. The zero-order chi connectivity index (χ0) is 15.2. The monoisotopic (exact) mass is 282 g/mol. The van der Waals surface area contributed by atoms with Crippen LogP contribution < -0.4 is 10.6 Å². The van der Waals surface area contributed by atoms with Crippen LogP contribution in [0.5, 0.6) is 0 Å². The summed E-state index contributed by atoms with van der Waals surface area (Å²) < 4.78 is 0. The van der Waals surface area contributed by atoms with Gasteiger partial charge in [0, 0.05) is 11.7 Å². The number of rotatable bonds is 5. The van der Waals surface area contributed by atoms with Gasteiger partial charge in [0.2, 0.25) is 5.91 Å². The highest BCUT2D eigenvalue weighted by molar-refractivity contribution is 5.92. The second-order valence-electron chi connectivity index (χ2n) is 5.43. The van der Waals surface area contributed by atoms with E-state index in [0.29, 0.717) is 6.54 Å². The van der Waals surface area contributed by atoms with Crippen molar-refractivity contribution in [2.45, 2.75) is 26.8 Å². The fraction of sp³-hybridized carbons (Fsp3) is 0.278. The van der Waals surface area contributed by atoms with Crippen molar-refractivity contribution >= 4 is 11.6 Å². The highest BCUT2D eigenvalue weighted by Gasteiger charge is 2.07. The number of nitrogens with one attached hydrogen (secondary N) is 2. The number of hydrogen-bond donors (Lipinski definition) is 2. The summed E-state index contributed by atoms with van der Waals surface area (Å²) in [7, 11) is 0. The molecule has 3 heteroatoms. The number of carbonyl (C=O) groups is 1. The molecule has 0 unspecified atom stereocenters. The summed E-state index contributed by atoms with van der Waals surface area (Å²) in [4.78, 5) is 11.9. The van der Waals surface area contributed by atoms with Gasteiger partial charge in [-0.1, -0.05) is 47.5 Å². The predicted molar refractivity (Wildman–Crippen MR) is 87.4 cm³/mol. The van der Waals surface area contributed by atoms with Gasteiger partial charge in [0.05, 0.1) is 6.54 Å². The highest BCUT2D eigenvalue weighted by atomic mass is 16.1. The average Bonchev–Trinajstić information content (AvgIpc) is 2.48. The average molecular weight is 282 g/mol.